The lowest BCUT2D eigenvalue weighted by Crippen LogP contribution is -2.29. The monoisotopic (exact) mass is 352 g/mol. The van der Waals surface area contributed by atoms with E-state index in [1.807, 2.05) is 24.3 Å². The summed E-state index contributed by atoms with van der Waals surface area (Å²) in [6, 6.07) is 7.90. The topological polar surface area (TPSA) is 71.1 Å². The molecule has 1 aromatic rings. The molecule has 0 aliphatic carbocycles. The van der Waals surface area contributed by atoms with Gasteiger partial charge in [-0.3, -0.25) is 9.59 Å². The molecule has 6 heteroatoms. The number of benzene rings is 1. The maximum atomic E-state index is 11.8. The molecule has 25 heavy (non-hydrogen) atoms. The third-order valence-corrected chi connectivity index (χ3v) is 3.50. The minimum absolute atomic E-state index is 0.222. The van der Waals surface area contributed by atoms with E-state index in [0.717, 1.165) is 12.2 Å². The molecule has 0 bridgehead atoms. The first-order valence-electron chi connectivity index (χ1n) is 8.75. The summed E-state index contributed by atoms with van der Waals surface area (Å²) in [5, 5.41) is 0. The average Bonchev–Trinajstić information content (AvgIpc) is 2.61. The Morgan fingerprint density at radius 1 is 0.960 bits per heavy atom. The molecular formula is C19H28O6. The molecule has 0 heterocycles. The lowest BCUT2D eigenvalue weighted by molar-refractivity contribution is -0.162. The highest BCUT2D eigenvalue weighted by Gasteiger charge is 2.29. The fraction of sp³-hybridized carbons (Fsp3) is 0.579. The first-order valence-corrected chi connectivity index (χ1v) is 8.75. The molecule has 6 nitrogen and oxygen atoms in total. The summed E-state index contributed by atoms with van der Waals surface area (Å²) in [4.78, 5) is 23.6. The summed E-state index contributed by atoms with van der Waals surface area (Å²) in [5.74, 6) is -1.28. The van der Waals surface area contributed by atoms with Crippen LogP contribution < -0.4 is 4.74 Å². The zero-order valence-corrected chi connectivity index (χ0v) is 15.3. The molecule has 0 aliphatic rings. The molecule has 1 aromatic carbocycles. The summed E-state index contributed by atoms with van der Waals surface area (Å²) in [6.07, 6.45) is 1.18. The van der Waals surface area contributed by atoms with Crippen molar-refractivity contribution in [3.63, 3.8) is 0 Å². The third-order valence-electron chi connectivity index (χ3n) is 3.50. The Balaban J connectivity index is 2.30. The van der Waals surface area contributed by atoms with E-state index in [1.165, 1.54) is 5.56 Å². The molecule has 0 aliphatic heterocycles. The Bertz CT molecular complexity index is 510. The number of hydrogen-bond donors (Lipinski definition) is 0. The van der Waals surface area contributed by atoms with E-state index in [4.69, 9.17) is 18.9 Å². The maximum absolute atomic E-state index is 11.8. The van der Waals surface area contributed by atoms with Crippen molar-refractivity contribution in [2.45, 2.75) is 33.6 Å². The van der Waals surface area contributed by atoms with Gasteiger partial charge in [0.1, 0.15) is 12.4 Å². The number of aryl methyl sites for hydroxylation is 1. The molecule has 0 amide bonds. The number of hydrogen-bond acceptors (Lipinski definition) is 6. The highest BCUT2D eigenvalue weighted by molar-refractivity contribution is 5.94. The van der Waals surface area contributed by atoms with Crippen molar-refractivity contribution in [3.05, 3.63) is 29.8 Å². The summed E-state index contributed by atoms with van der Waals surface area (Å²) >= 11 is 0. The van der Waals surface area contributed by atoms with Crippen molar-refractivity contribution in [2.24, 2.45) is 5.92 Å². The second-order valence-electron chi connectivity index (χ2n) is 5.31. The summed E-state index contributed by atoms with van der Waals surface area (Å²) in [6.45, 7) is 6.95. The number of carbonyl (C=O) groups excluding carboxylic acids is 2. The predicted molar refractivity (Wildman–Crippen MR) is 93.5 cm³/mol. The van der Waals surface area contributed by atoms with Crippen LogP contribution in [0.2, 0.25) is 0 Å². The molecule has 140 valence electrons. The SMILES string of the molecule is CCOC(=O)C(CCOCCOc1cccc(CC)c1)C(=O)OCC. The van der Waals surface area contributed by atoms with Crippen molar-refractivity contribution in [3.8, 4) is 5.75 Å². The minimum Gasteiger partial charge on any atom is -0.491 e. The lowest BCUT2D eigenvalue weighted by Gasteiger charge is -2.14. The Kier molecular flexibility index (Phi) is 10.3. The molecular weight excluding hydrogens is 324 g/mol. The first kappa shape index (κ1) is 21.0. The summed E-state index contributed by atoms with van der Waals surface area (Å²) in [5.41, 5.74) is 1.21. The molecule has 0 atom stereocenters. The van der Waals surface area contributed by atoms with Crippen molar-refractivity contribution in [1.29, 1.82) is 0 Å². The standard InChI is InChI=1S/C19H28O6/c1-4-15-8-7-9-16(14-15)25-13-12-22-11-10-17(18(20)23-5-2)19(21)24-6-3/h7-9,14,17H,4-6,10-13H2,1-3H3. The van der Waals surface area contributed by atoms with Crippen molar-refractivity contribution in [2.75, 3.05) is 33.0 Å². The molecule has 0 spiro atoms. The fourth-order valence-corrected chi connectivity index (χ4v) is 2.19. The van der Waals surface area contributed by atoms with Gasteiger partial charge < -0.3 is 18.9 Å². The second-order valence-corrected chi connectivity index (χ2v) is 5.31. The first-order chi connectivity index (χ1) is 12.1. The zero-order valence-electron chi connectivity index (χ0n) is 15.3. The van der Waals surface area contributed by atoms with E-state index in [2.05, 4.69) is 6.92 Å². The summed E-state index contributed by atoms with van der Waals surface area (Å²) in [7, 11) is 0. The van der Waals surface area contributed by atoms with Crippen LogP contribution in [-0.4, -0.2) is 45.0 Å². The molecule has 0 radical (unpaired) electrons. The van der Waals surface area contributed by atoms with E-state index in [9.17, 15) is 9.59 Å². The highest BCUT2D eigenvalue weighted by Crippen LogP contribution is 2.13. The van der Waals surface area contributed by atoms with E-state index in [1.54, 1.807) is 13.8 Å². The van der Waals surface area contributed by atoms with E-state index >= 15 is 0 Å². The van der Waals surface area contributed by atoms with Gasteiger partial charge in [0.05, 0.1) is 19.8 Å². The van der Waals surface area contributed by atoms with Gasteiger partial charge in [-0.1, -0.05) is 19.1 Å². The molecule has 0 saturated carbocycles. The Hall–Kier alpha value is -2.08. The van der Waals surface area contributed by atoms with Crippen LogP contribution in [0.5, 0.6) is 5.75 Å². The van der Waals surface area contributed by atoms with E-state index < -0.39 is 17.9 Å². The van der Waals surface area contributed by atoms with Crippen LogP contribution in [-0.2, 0) is 30.2 Å². The van der Waals surface area contributed by atoms with Gasteiger partial charge in [0.15, 0.2) is 5.92 Å². The van der Waals surface area contributed by atoms with Crippen LogP contribution in [0.3, 0.4) is 0 Å². The van der Waals surface area contributed by atoms with Crippen LogP contribution in [0.4, 0.5) is 0 Å². The fourth-order valence-electron chi connectivity index (χ4n) is 2.19. The van der Waals surface area contributed by atoms with Crippen molar-refractivity contribution >= 4 is 11.9 Å². The van der Waals surface area contributed by atoms with Gasteiger partial charge in [-0.25, -0.2) is 0 Å². The van der Waals surface area contributed by atoms with Crippen molar-refractivity contribution in [1.82, 2.24) is 0 Å². The van der Waals surface area contributed by atoms with Crippen molar-refractivity contribution < 1.29 is 28.5 Å². The molecule has 0 unspecified atom stereocenters. The van der Waals surface area contributed by atoms with Crippen LogP contribution in [0.15, 0.2) is 24.3 Å². The Morgan fingerprint density at radius 3 is 2.24 bits per heavy atom. The molecule has 1 rings (SSSR count). The van der Waals surface area contributed by atoms with Gasteiger partial charge in [-0.15, -0.1) is 0 Å². The molecule has 0 N–H and O–H groups in total. The van der Waals surface area contributed by atoms with E-state index in [0.29, 0.717) is 13.2 Å². The summed E-state index contributed by atoms with van der Waals surface area (Å²) < 4.78 is 20.9. The van der Waals surface area contributed by atoms with Crippen LogP contribution >= 0.6 is 0 Å². The quantitative estimate of drug-likeness (QED) is 0.327. The molecule has 0 fully saturated rings. The Morgan fingerprint density at radius 2 is 1.64 bits per heavy atom. The van der Waals surface area contributed by atoms with Gasteiger partial charge in [0, 0.05) is 6.61 Å². The second kappa shape index (κ2) is 12.3. The molecule has 0 saturated heterocycles. The number of carbonyl (C=O) groups is 2. The minimum atomic E-state index is -0.943. The van der Waals surface area contributed by atoms with Crippen LogP contribution in [0, 0.1) is 5.92 Å². The van der Waals surface area contributed by atoms with Crippen LogP contribution in [0.1, 0.15) is 32.8 Å². The van der Waals surface area contributed by atoms with Gasteiger partial charge in [-0.05, 0) is 44.4 Å². The smallest absolute Gasteiger partial charge is 0.320 e. The van der Waals surface area contributed by atoms with Gasteiger partial charge in [0.2, 0.25) is 0 Å². The number of esters is 2. The predicted octanol–water partition coefficient (Wildman–Crippen LogP) is 2.78. The van der Waals surface area contributed by atoms with Gasteiger partial charge in [-0.2, -0.15) is 0 Å². The lowest BCUT2D eigenvalue weighted by atomic mass is 10.1. The number of ether oxygens (including phenoxy) is 4. The maximum Gasteiger partial charge on any atom is 0.320 e. The van der Waals surface area contributed by atoms with Gasteiger partial charge in [0.25, 0.3) is 0 Å². The normalized spacial score (nSPS) is 10.6. The highest BCUT2D eigenvalue weighted by atomic mass is 16.6. The number of rotatable bonds is 12. The van der Waals surface area contributed by atoms with E-state index in [-0.39, 0.29) is 26.2 Å². The van der Waals surface area contributed by atoms with Crippen LogP contribution in [0.25, 0.3) is 0 Å². The third kappa shape index (κ3) is 8.03. The van der Waals surface area contributed by atoms with Gasteiger partial charge >= 0.3 is 11.9 Å². The molecule has 0 aromatic heterocycles. The average molecular weight is 352 g/mol. The Labute approximate surface area is 149 Å². The zero-order chi connectivity index (χ0) is 18.5. The largest absolute Gasteiger partial charge is 0.491 e.